The molecule has 0 fully saturated rings. The third kappa shape index (κ3) is 1.89. The Morgan fingerprint density at radius 2 is 2.22 bits per heavy atom. The number of carbonyl (C=O) groups excluding carboxylic acids is 1. The van der Waals surface area contributed by atoms with Crippen LogP contribution in [0.4, 0.5) is 0 Å². The first-order valence-electron chi connectivity index (χ1n) is 2.16. The van der Waals surface area contributed by atoms with Crippen molar-refractivity contribution in [3.63, 3.8) is 0 Å². The van der Waals surface area contributed by atoms with Crippen molar-refractivity contribution < 1.29 is 9.90 Å². The van der Waals surface area contributed by atoms with Gasteiger partial charge in [0, 0.05) is 0 Å². The minimum absolute atomic E-state index is 0.336. The Labute approximate surface area is 51.7 Å². The molecule has 5 nitrogen and oxygen atoms in total. The number of carbonyl (C=O) groups is 1. The number of hydrogen-bond acceptors (Lipinski definition) is 4. The zero-order chi connectivity index (χ0) is 7.44. The highest BCUT2D eigenvalue weighted by atomic mass is 16.3. The lowest BCUT2D eigenvalue weighted by atomic mass is 10.4. The van der Waals surface area contributed by atoms with Gasteiger partial charge in [-0.3, -0.25) is 4.79 Å². The predicted octanol–water partition coefficient (Wildman–Crippen LogP) is 0.292. The number of nitrogens with one attached hydrogen (secondary N) is 1. The summed E-state index contributed by atoms with van der Waals surface area (Å²) in [7, 11) is 0. The summed E-state index contributed by atoms with van der Waals surface area (Å²) in [5.41, 5.74) is 10.6. The van der Waals surface area contributed by atoms with E-state index in [-0.39, 0.29) is 5.76 Å². The molecule has 9 heavy (non-hydrogen) atoms. The van der Waals surface area contributed by atoms with Crippen LogP contribution >= 0.6 is 0 Å². The summed E-state index contributed by atoms with van der Waals surface area (Å²) in [6.45, 7) is 1.23. The monoisotopic (exact) mass is 129 g/mol. The lowest BCUT2D eigenvalue weighted by molar-refractivity contribution is -0.114. The van der Waals surface area contributed by atoms with Gasteiger partial charge in [0.15, 0.2) is 5.70 Å². The van der Waals surface area contributed by atoms with Crippen LogP contribution in [0.1, 0.15) is 6.92 Å². The first kappa shape index (κ1) is 7.61. The maximum atomic E-state index is 10.2. The minimum Gasteiger partial charge on any atom is -0.510 e. The summed E-state index contributed by atoms with van der Waals surface area (Å²) in [6.07, 6.45) is 0. The Kier molecular flexibility index (Phi) is 2.37. The van der Waals surface area contributed by atoms with Gasteiger partial charge in [-0.1, -0.05) is 0 Å². The van der Waals surface area contributed by atoms with Crippen molar-refractivity contribution in [1.29, 1.82) is 5.53 Å². The van der Waals surface area contributed by atoms with E-state index in [9.17, 15) is 4.79 Å². The summed E-state index contributed by atoms with van der Waals surface area (Å²) >= 11 is 0. The molecule has 0 saturated heterocycles. The smallest absolute Gasteiger partial charge is 0.272 e. The van der Waals surface area contributed by atoms with Crippen LogP contribution < -0.4 is 5.73 Å². The fourth-order valence-corrected chi connectivity index (χ4v) is 0.314. The molecule has 4 N–H and O–H groups in total. The van der Waals surface area contributed by atoms with Crippen LogP contribution in [0.5, 0.6) is 0 Å². The zero-order valence-electron chi connectivity index (χ0n) is 4.88. The highest BCUT2D eigenvalue weighted by Crippen LogP contribution is 1.99. The molecule has 0 bridgehead atoms. The highest BCUT2D eigenvalue weighted by Gasteiger charge is 2.05. The third-order valence-corrected chi connectivity index (χ3v) is 0.688. The van der Waals surface area contributed by atoms with Gasteiger partial charge in [0.05, 0.1) is 0 Å². The Bertz CT molecular complexity index is 169. The van der Waals surface area contributed by atoms with E-state index in [2.05, 4.69) is 10.8 Å². The average molecular weight is 129 g/mol. The number of nitrogens with zero attached hydrogens (tertiary/aromatic N) is 1. The van der Waals surface area contributed by atoms with Crippen LogP contribution in [-0.4, -0.2) is 11.0 Å². The number of hydrogen-bond donors (Lipinski definition) is 3. The van der Waals surface area contributed by atoms with Gasteiger partial charge in [-0.2, -0.15) is 0 Å². The van der Waals surface area contributed by atoms with E-state index in [4.69, 9.17) is 10.6 Å². The number of aliphatic hydroxyl groups is 1. The van der Waals surface area contributed by atoms with Gasteiger partial charge < -0.3 is 10.8 Å². The quantitative estimate of drug-likeness (QED) is 0.283. The molecule has 0 unspecified atom stereocenters. The molecule has 0 rings (SSSR count). The second-order valence-corrected chi connectivity index (χ2v) is 1.41. The molecule has 0 aromatic carbocycles. The van der Waals surface area contributed by atoms with Crippen LogP contribution in [0.25, 0.3) is 0 Å². The summed E-state index contributed by atoms with van der Waals surface area (Å²) < 4.78 is 0. The molecule has 0 aromatic rings. The number of rotatable bonds is 2. The number of primary amides is 1. The van der Waals surface area contributed by atoms with Gasteiger partial charge in [-0.15, -0.1) is 5.11 Å². The molecule has 0 aliphatic heterocycles. The van der Waals surface area contributed by atoms with Gasteiger partial charge in [-0.25, -0.2) is 5.53 Å². The fraction of sp³-hybridized carbons (Fsp3) is 0.250. The molecule has 0 spiro atoms. The van der Waals surface area contributed by atoms with E-state index in [0.717, 1.165) is 0 Å². The zero-order valence-corrected chi connectivity index (χ0v) is 4.88. The molecular formula is C4H7N3O2. The Hall–Kier alpha value is -1.39. The van der Waals surface area contributed by atoms with Gasteiger partial charge >= 0.3 is 0 Å². The maximum absolute atomic E-state index is 10.2. The van der Waals surface area contributed by atoms with Crippen molar-refractivity contribution in [2.75, 3.05) is 0 Å². The van der Waals surface area contributed by atoms with Crippen LogP contribution in [0, 0.1) is 5.53 Å². The third-order valence-electron chi connectivity index (χ3n) is 0.688. The van der Waals surface area contributed by atoms with E-state index in [1.807, 2.05) is 0 Å². The molecule has 0 radical (unpaired) electrons. The molecule has 0 aromatic heterocycles. The van der Waals surface area contributed by atoms with Gasteiger partial charge in [0.25, 0.3) is 5.91 Å². The van der Waals surface area contributed by atoms with E-state index in [0.29, 0.717) is 0 Å². The molecule has 5 heteroatoms. The van der Waals surface area contributed by atoms with Crippen LogP contribution in [0.3, 0.4) is 0 Å². The van der Waals surface area contributed by atoms with E-state index >= 15 is 0 Å². The van der Waals surface area contributed by atoms with E-state index in [1.165, 1.54) is 6.92 Å². The second-order valence-electron chi connectivity index (χ2n) is 1.41. The molecule has 0 aliphatic rings. The molecular weight excluding hydrogens is 122 g/mol. The molecule has 0 aliphatic carbocycles. The maximum Gasteiger partial charge on any atom is 0.272 e. The van der Waals surface area contributed by atoms with Crippen molar-refractivity contribution >= 4 is 5.91 Å². The first-order chi connectivity index (χ1) is 4.09. The number of nitrogens with two attached hydrogens (primary N) is 1. The van der Waals surface area contributed by atoms with E-state index in [1.54, 1.807) is 0 Å². The SMILES string of the molecule is C/C(O)=C(\N=N)C(N)=O. The summed E-state index contributed by atoms with van der Waals surface area (Å²) in [4.78, 5) is 10.2. The minimum atomic E-state index is -0.898. The van der Waals surface area contributed by atoms with Gasteiger partial charge in [0.1, 0.15) is 5.76 Å². The molecule has 1 amide bonds. The Morgan fingerprint density at radius 1 is 1.78 bits per heavy atom. The Morgan fingerprint density at radius 3 is 2.22 bits per heavy atom. The fourth-order valence-electron chi connectivity index (χ4n) is 0.314. The van der Waals surface area contributed by atoms with Crippen molar-refractivity contribution in [3.05, 3.63) is 11.5 Å². The Balaban J connectivity index is 4.55. The van der Waals surface area contributed by atoms with E-state index < -0.39 is 11.6 Å². The average Bonchev–Trinajstić information content (AvgIpc) is 1.64. The second kappa shape index (κ2) is 2.81. The number of amides is 1. The standard InChI is InChI=1S/C4H7N3O2/c1-2(8)3(7-6)4(5)9/h6,8H,1H3,(H2,5,9)/b3-2+,7-6?. The normalized spacial score (nSPS) is 12.1. The van der Waals surface area contributed by atoms with Gasteiger partial charge in [0.2, 0.25) is 0 Å². The largest absolute Gasteiger partial charge is 0.510 e. The number of allylic oxidation sites excluding steroid dienone is 1. The van der Waals surface area contributed by atoms with Crippen molar-refractivity contribution in [1.82, 2.24) is 0 Å². The van der Waals surface area contributed by atoms with Crippen LogP contribution in [-0.2, 0) is 4.79 Å². The predicted molar refractivity (Wildman–Crippen MR) is 29.7 cm³/mol. The highest BCUT2D eigenvalue weighted by molar-refractivity contribution is 5.91. The summed E-state index contributed by atoms with van der Waals surface area (Å²) in [6, 6.07) is 0. The summed E-state index contributed by atoms with van der Waals surface area (Å²) in [5, 5.41) is 11.2. The summed E-state index contributed by atoms with van der Waals surface area (Å²) in [5.74, 6) is -1.23. The van der Waals surface area contributed by atoms with Crippen LogP contribution in [0.15, 0.2) is 16.6 Å². The van der Waals surface area contributed by atoms with Crippen LogP contribution in [0.2, 0.25) is 0 Å². The molecule has 0 atom stereocenters. The lowest BCUT2D eigenvalue weighted by Crippen LogP contribution is -2.13. The molecule has 50 valence electrons. The first-order valence-corrected chi connectivity index (χ1v) is 2.16. The van der Waals surface area contributed by atoms with Crippen molar-refractivity contribution in [3.8, 4) is 0 Å². The van der Waals surface area contributed by atoms with Crippen molar-refractivity contribution in [2.45, 2.75) is 6.92 Å². The molecule has 0 heterocycles. The number of aliphatic hydroxyl groups excluding tert-OH is 1. The topological polar surface area (TPSA) is 99.5 Å². The van der Waals surface area contributed by atoms with Gasteiger partial charge in [-0.05, 0) is 6.92 Å². The molecule has 0 saturated carbocycles. The lowest BCUT2D eigenvalue weighted by Gasteiger charge is -1.92. The van der Waals surface area contributed by atoms with Crippen molar-refractivity contribution in [2.24, 2.45) is 10.8 Å².